The fourth-order valence-electron chi connectivity index (χ4n) is 2.86. The van der Waals surface area contributed by atoms with Crippen molar-refractivity contribution in [2.75, 3.05) is 18.4 Å². The van der Waals surface area contributed by atoms with Gasteiger partial charge in [-0.05, 0) is 56.7 Å². The number of likely N-dealkylation sites (tertiary alicyclic amines) is 1. The SMILES string of the molecule is Cc1ccc(C)c(NC(=O)[C@H](C)[NH+]2CCC(C)CC2)c1. The molecule has 0 aromatic heterocycles. The van der Waals surface area contributed by atoms with Crippen molar-refractivity contribution in [3.05, 3.63) is 29.3 Å². The molecule has 3 heteroatoms. The zero-order chi connectivity index (χ0) is 14.7. The number of benzene rings is 1. The van der Waals surface area contributed by atoms with Crippen LogP contribution in [-0.4, -0.2) is 25.0 Å². The molecule has 1 aliphatic heterocycles. The van der Waals surface area contributed by atoms with Crippen LogP contribution in [0.4, 0.5) is 5.69 Å². The molecule has 0 bridgehead atoms. The first-order valence-corrected chi connectivity index (χ1v) is 7.70. The molecule has 20 heavy (non-hydrogen) atoms. The highest BCUT2D eigenvalue weighted by atomic mass is 16.2. The number of nitrogens with one attached hydrogen (secondary N) is 2. The molecule has 1 fully saturated rings. The molecule has 2 rings (SSSR count). The molecular weight excluding hydrogens is 248 g/mol. The number of piperidine rings is 1. The van der Waals surface area contributed by atoms with Gasteiger partial charge in [0.25, 0.3) is 5.91 Å². The van der Waals surface area contributed by atoms with Gasteiger partial charge < -0.3 is 10.2 Å². The summed E-state index contributed by atoms with van der Waals surface area (Å²) in [7, 11) is 0. The standard InChI is InChI=1S/C17H26N2O/c1-12-7-9-19(10-8-12)15(4)17(20)18-16-11-13(2)5-6-14(16)3/h5-6,11-12,15H,7-10H2,1-4H3,(H,18,20)/p+1/t15-/m0/s1. The number of amides is 1. The Morgan fingerprint density at radius 2 is 1.95 bits per heavy atom. The van der Waals surface area contributed by atoms with Crippen molar-refractivity contribution in [1.82, 2.24) is 0 Å². The summed E-state index contributed by atoms with van der Waals surface area (Å²) in [6.45, 7) is 10.7. The van der Waals surface area contributed by atoms with Crippen molar-refractivity contribution in [2.24, 2.45) is 5.92 Å². The number of aryl methyl sites for hydroxylation is 2. The molecule has 2 N–H and O–H groups in total. The van der Waals surface area contributed by atoms with E-state index in [9.17, 15) is 4.79 Å². The zero-order valence-corrected chi connectivity index (χ0v) is 13.1. The molecule has 0 spiro atoms. The van der Waals surface area contributed by atoms with Crippen molar-refractivity contribution in [3.63, 3.8) is 0 Å². The number of quaternary nitrogens is 1. The van der Waals surface area contributed by atoms with Crippen LogP contribution in [0.15, 0.2) is 18.2 Å². The number of hydrogen-bond acceptors (Lipinski definition) is 1. The van der Waals surface area contributed by atoms with E-state index in [1.807, 2.05) is 19.9 Å². The second-order valence-corrected chi connectivity index (χ2v) is 6.37. The smallest absolute Gasteiger partial charge is 0.282 e. The second kappa shape index (κ2) is 6.40. The van der Waals surface area contributed by atoms with Crippen molar-refractivity contribution < 1.29 is 9.69 Å². The van der Waals surface area contributed by atoms with Crippen LogP contribution >= 0.6 is 0 Å². The molecule has 0 aliphatic carbocycles. The van der Waals surface area contributed by atoms with Gasteiger partial charge in [-0.2, -0.15) is 0 Å². The lowest BCUT2D eigenvalue weighted by Crippen LogP contribution is -3.17. The average Bonchev–Trinajstić information content (AvgIpc) is 2.43. The van der Waals surface area contributed by atoms with Crippen LogP contribution in [0.25, 0.3) is 0 Å². The lowest BCUT2D eigenvalue weighted by Gasteiger charge is -2.31. The first-order valence-electron chi connectivity index (χ1n) is 7.70. The van der Waals surface area contributed by atoms with Crippen LogP contribution in [0.5, 0.6) is 0 Å². The van der Waals surface area contributed by atoms with Gasteiger partial charge in [0, 0.05) is 5.69 Å². The van der Waals surface area contributed by atoms with E-state index in [0.29, 0.717) is 0 Å². The minimum atomic E-state index is 0.0300. The average molecular weight is 275 g/mol. The van der Waals surface area contributed by atoms with Gasteiger partial charge in [-0.15, -0.1) is 0 Å². The minimum absolute atomic E-state index is 0.0300. The Balaban J connectivity index is 1.99. The third-order valence-corrected chi connectivity index (χ3v) is 4.57. The maximum absolute atomic E-state index is 12.4. The van der Waals surface area contributed by atoms with Crippen molar-refractivity contribution in [2.45, 2.75) is 46.6 Å². The molecule has 3 nitrogen and oxygen atoms in total. The van der Waals surface area contributed by atoms with Gasteiger partial charge in [0.2, 0.25) is 0 Å². The number of anilines is 1. The van der Waals surface area contributed by atoms with Gasteiger partial charge in [-0.25, -0.2) is 0 Å². The van der Waals surface area contributed by atoms with Gasteiger partial charge in [-0.3, -0.25) is 4.79 Å². The molecule has 1 saturated heterocycles. The van der Waals surface area contributed by atoms with Crippen LogP contribution in [0, 0.1) is 19.8 Å². The number of rotatable bonds is 3. The van der Waals surface area contributed by atoms with Crippen molar-refractivity contribution >= 4 is 11.6 Å². The summed E-state index contributed by atoms with van der Waals surface area (Å²) < 4.78 is 0. The molecule has 1 amide bonds. The van der Waals surface area contributed by atoms with E-state index in [2.05, 4.69) is 31.3 Å². The summed E-state index contributed by atoms with van der Waals surface area (Å²) in [6, 6.07) is 6.21. The van der Waals surface area contributed by atoms with Crippen LogP contribution in [-0.2, 0) is 4.79 Å². The van der Waals surface area contributed by atoms with E-state index in [1.54, 1.807) is 0 Å². The number of carbonyl (C=O) groups is 1. The largest absolute Gasteiger partial charge is 0.325 e. The molecular formula is C17H27N2O+. The van der Waals surface area contributed by atoms with E-state index < -0.39 is 0 Å². The van der Waals surface area contributed by atoms with Crippen LogP contribution < -0.4 is 10.2 Å². The molecule has 110 valence electrons. The second-order valence-electron chi connectivity index (χ2n) is 6.37. The lowest BCUT2D eigenvalue weighted by atomic mass is 9.98. The van der Waals surface area contributed by atoms with E-state index >= 15 is 0 Å². The molecule has 1 aromatic rings. The summed E-state index contributed by atoms with van der Waals surface area (Å²) >= 11 is 0. The third kappa shape index (κ3) is 3.60. The summed E-state index contributed by atoms with van der Waals surface area (Å²) in [4.78, 5) is 13.8. The molecule has 0 unspecified atom stereocenters. The first kappa shape index (κ1) is 15.0. The number of carbonyl (C=O) groups excluding carboxylic acids is 1. The lowest BCUT2D eigenvalue weighted by molar-refractivity contribution is -0.919. The van der Waals surface area contributed by atoms with Gasteiger partial charge in [0.15, 0.2) is 6.04 Å². The molecule has 0 radical (unpaired) electrons. The molecule has 1 aliphatic rings. The maximum atomic E-state index is 12.4. The topological polar surface area (TPSA) is 33.5 Å². The maximum Gasteiger partial charge on any atom is 0.282 e. The Hall–Kier alpha value is -1.35. The fraction of sp³-hybridized carbons (Fsp3) is 0.588. The Kier molecular flexibility index (Phi) is 4.81. The van der Waals surface area contributed by atoms with Crippen LogP contribution in [0.3, 0.4) is 0 Å². The van der Waals surface area contributed by atoms with E-state index in [1.165, 1.54) is 23.3 Å². The third-order valence-electron chi connectivity index (χ3n) is 4.57. The van der Waals surface area contributed by atoms with E-state index in [-0.39, 0.29) is 11.9 Å². The van der Waals surface area contributed by atoms with Gasteiger partial charge in [0.05, 0.1) is 13.1 Å². The number of hydrogen-bond donors (Lipinski definition) is 2. The monoisotopic (exact) mass is 275 g/mol. The van der Waals surface area contributed by atoms with Crippen LogP contribution in [0.2, 0.25) is 0 Å². The Labute approximate surface area is 122 Å². The quantitative estimate of drug-likeness (QED) is 0.868. The fourth-order valence-corrected chi connectivity index (χ4v) is 2.86. The van der Waals surface area contributed by atoms with Crippen molar-refractivity contribution in [1.29, 1.82) is 0 Å². The highest BCUT2D eigenvalue weighted by molar-refractivity contribution is 5.94. The Morgan fingerprint density at radius 3 is 2.60 bits per heavy atom. The van der Waals surface area contributed by atoms with Crippen molar-refractivity contribution in [3.8, 4) is 0 Å². The highest BCUT2D eigenvalue weighted by Gasteiger charge is 2.28. The molecule has 1 atom stereocenters. The normalized spacial score (nSPS) is 24.2. The van der Waals surface area contributed by atoms with E-state index in [4.69, 9.17) is 0 Å². The summed E-state index contributed by atoms with van der Waals surface area (Å²) in [5, 5.41) is 3.10. The van der Waals surface area contributed by atoms with E-state index in [0.717, 1.165) is 30.3 Å². The van der Waals surface area contributed by atoms with Gasteiger partial charge in [-0.1, -0.05) is 19.1 Å². The highest BCUT2D eigenvalue weighted by Crippen LogP contribution is 2.16. The zero-order valence-electron chi connectivity index (χ0n) is 13.1. The summed E-state index contributed by atoms with van der Waals surface area (Å²) in [6.07, 6.45) is 2.47. The Bertz CT molecular complexity index is 476. The summed E-state index contributed by atoms with van der Waals surface area (Å²) in [5.41, 5.74) is 3.25. The minimum Gasteiger partial charge on any atom is -0.325 e. The Morgan fingerprint density at radius 1 is 1.30 bits per heavy atom. The molecule has 0 saturated carbocycles. The predicted molar refractivity (Wildman–Crippen MR) is 83.1 cm³/mol. The van der Waals surface area contributed by atoms with Gasteiger partial charge in [0.1, 0.15) is 0 Å². The summed E-state index contributed by atoms with van der Waals surface area (Å²) in [5.74, 6) is 0.955. The van der Waals surface area contributed by atoms with Gasteiger partial charge >= 0.3 is 0 Å². The first-order chi connectivity index (χ1) is 9.47. The molecule has 1 aromatic carbocycles. The van der Waals surface area contributed by atoms with Crippen LogP contribution in [0.1, 0.15) is 37.8 Å². The predicted octanol–water partition coefficient (Wildman–Crippen LogP) is 1.95. The molecule has 1 heterocycles.